The molecule has 0 aromatic heterocycles. The fourth-order valence-corrected chi connectivity index (χ4v) is 2.36. The molecular weight excluding hydrogens is 306 g/mol. The molecule has 1 aromatic rings. The second-order valence-corrected chi connectivity index (χ2v) is 7.40. The quantitative estimate of drug-likeness (QED) is 0.862. The first kappa shape index (κ1) is 20.2. The molecule has 1 N–H and O–H groups in total. The zero-order chi connectivity index (χ0) is 18.3. The number of nitrogens with zero attached hydrogens (tertiary/aromatic N) is 1. The Labute approximate surface area is 144 Å². The highest BCUT2D eigenvalue weighted by Gasteiger charge is 2.32. The SMILES string of the molecule is CC(C)C[C@H](CO)C(=O)N(Cc1ccccc1)C(=O)OC(C)(C)C. The first-order valence-corrected chi connectivity index (χ1v) is 8.33. The largest absolute Gasteiger partial charge is 0.443 e. The number of imide groups is 1. The summed E-state index contributed by atoms with van der Waals surface area (Å²) in [7, 11) is 0. The van der Waals surface area contributed by atoms with Crippen molar-refractivity contribution in [3.63, 3.8) is 0 Å². The molecule has 0 unspecified atom stereocenters. The van der Waals surface area contributed by atoms with E-state index in [1.807, 2.05) is 44.2 Å². The maximum atomic E-state index is 12.8. The van der Waals surface area contributed by atoms with Gasteiger partial charge in [-0.2, -0.15) is 0 Å². The second kappa shape index (κ2) is 8.83. The standard InChI is InChI=1S/C19H29NO4/c1-14(2)11-16(13-21)17(22)20(18(23)24-19(3,4)5)12-15-9-7-6-8-10-15/h6-10,14,16,21H,11-13H2,1-5H3/t16-/m1/s1. The molecular formula is C19H29NO4. The van der Waals surface area contributed by atoms with Crippen LogP contribution in [0, 0.1) is 11.8 Å². The maximum absolute atomic E-state index is 12.8. The number of benzene rings is 1. The summed E-state index contributed by atoms with van der Waals surface area (Å²) in [5.41, 5.74) is 0.136. The van der Waals surface area contributed by atoms with Gasteiger partial charge in [-0.15, -0.1) is 0 Å². The smallest absolute Gasteiger partial charge is 0.417 e. The molecule has 0 aliphatic carbocycles. The molecule has 134 valence electrons. The van der Waals surface area contributed by atoms with E-state index in [0.29, 0.717) is 6.42 Å². The van der Waals surface area contributed by atoms with E-state index < -0.39 is 23.5 Å². The Kier molecular flexibility index (Phi) is 7.42. The zero-order valence-electron chi connectivity index (χ0n) is 15.3. The minimum absolute atomic E-state index is 0.128. The summed E-state index contributed by atoms with van der Waals surface area (Å²) in [6.45, 7) is 9.07. The van der Waals surface area contributed by atoms with Gasteiger partial charge >= 0.3 is 6.09 Å². The van der Waals surface area contributed by atoms with Crippen LogP contribution in [0.3, 0.4) is 0 Å². The van der Waals surface area contributed by atoms with Crippen LogP contribution < -0.4 is 0 Å². The van der Waals surface area contributed by atoms with E-state index in [-0.39, 0.29) is 19.1 Å². The van der Waals surface area contributed by atoms with Gasteiger partial charge in [0.2, 0.25) is 5.91 Å². The molecule has 1 rings (SSSR count). The van der Waals surface area contributed by atoms with Crippen LogP contribution in [0.15, 0.2) is 30.3 Å². The van der Waals surface area contributed by atoms with Gasteiger partial charge in [0.1, 0.15) is 5.60 Å². The third kappa shape index (κ3) is 6.71. The fraction of sp³-hybridized carbons (Fsp3) is 0.579. The molecule has 0 spiro atoms. The van der Waals surface area contributed by atoms with E-state index in [2.05, 4.69) is 0 Å². The summed E-state index contributed by atoms with van der Waals surface area (Å²) >= 11 is 0. The molecule has 0 aliphatic heterocycles. The molecule has 1 atom stereocenters. The number of aliphatic hydroxyl groups excluding tert-OH is 1. The first-order valence-electron chi connectivity index (χ1n) is 8.33. The maximum Gasteiger partial charge on any atom is 0.417 e. The van der Waals surface area contributed by atoms with Gasteiger partial charge in [0.15, 0.2) is 0 Å². The number of aliphatic hydroxyl groups is 1. The van der Waals surface area contributed by atoms with Gasteiger partial charge < -0.3 is 9.84 Å². The summed E-state index contributed by atoms with van der Waals surface area (Å²) in [6, 6.07) is 9.27. The van der Waals surface area contributed by atoms with Crippen LogP contribution >= 0.6 is 0 Å². The van der Waals surface area contributed by atoms with E-state index in [4.69, 9.17) is 4.74 Å². The average Bonchev–Trinajstić information content (AvgIpc) is 2.48. The molecule has 1 aromatic carbocycles. The molecule has 0 heterocycles. The van der Waals surface area contributed by atoms with E-state index in [9.17, 15) is 14.7 Å². The van der Waals surface area contributed by atoms with Gasteiger partial charge in [0.05, 0.1) is 19.1 Å². The van der Waals surface area contributed by atoms with Crippen molar-refractivity contribution in [2.45, 2.75) is 53.2 Å². The van der Waals surface area contributed by atoms with Crippen molar-refractivity contribution in [3.8, 4) is 0 Å². The lowest BCUT2D eigenvalue weighted by atomic mass is 9.96. The number of rotatable bonds is 6. The third-order valence-corrected chi connectivity index (χ3v) is 3.39. The molecule has 0 radical (unpaired) electrons. The predicted octanol–water partition coefficient (Wildman–Crippen LogP) is 3.60. The number of ether oxygens (including phenoxy) is 1. The summed E-state index contributed by atoms with van der Waals surface area (Å²) in [4.78, 5) is 26.4. The Balaban J connectivity index is 3.02. The summed E-state index contributed by atoms with van der Waals surface area (Å²) < 4.78 is 5.38. The van der Waals surface area contributed by atoms with Gasteiger partial charge in [0, 0.05) is 0 Å². The minimum Gasteiger partial charge on any atom is -0.443 e. The summed E-state index contributed by atoms with van der Waals surface area (Å²) in [6.07, 6.45) is -0.165. The lowest BCUT2D eigenvalue weighted by Gasteiger charge is -2.29. The number of amides is 2. The van der Waals surface area contributed by atoms with Crippen LogP contribution in [-0.2, 0) is 16.1 Å². The number of hydrogen-bond donors (Lipinski definition) is 1. The third-order valence-electron chi connectivity index (χ3n) is 3.39. The molecule has 0 bridgehead atoms. The van der Waals surface area contributed by atoms with Gasteiger partial charge in [0.25, 0.3) is 0 Å². The Morgan fingerprint density at radius 3 is 2.21 bits per heavy atom. The van der Waals surface area contributed by atoms with Crippen molar-refractivity contribution < 1.29 is 19.4 Å². The van der Waals surface area contributed by atoms with Crippen LogP contribution in [-0.4, -0.2) is 34.2 Å². The lowest BCUT2D eigenvalue weighted by molar-refractivity contribution is -0.137. The lowest BCUT2D eigenvalue weighted by Crippen LogP contribution is -2.44. The molecule has 0 saturated heterocycles. The molecule has 0 saturated carbocycles. The molecule has 0 aliphatic rings. The van der Waals surface area contributed by atoms with Crippen molar-refractivity contribution in [1.82, 2.24) is 4.90 Å². The van der Waals surface area contributed by atoms with E-state index >= 15 is 0 Å². The molecule has 0 fully saturated rings. The van der Waals surface area contributed by atoms with E-state index in [1.165, 1.54) is 0 Å². The van der Waals surface area contributed by atoms with Crippen molar-refractivity contribution in [1.29, 1.82) is 0 Å². The Hall–Kier alpha value is -1.88. The van der Waals surface area contributed by atoms with Crippen molar-refractivity contribution in [3.05, 3.63) is 35.9 Å². The molecule has 24 heavy (non-hydrogen) atoms. The Morgan fingerprint density at radius 1 is 1.17 bits per heavy atom. The highest BCUT2D eigenvalue weighted by Crippen LogP contribution is 2.19. The van der Waals surface area contributed by atoms with Crippen molar-refractivity contribution >= 4 is 12.0 Å². The second-order valence-electron chi connectivity index (χ2n) is 7.40. The topological polar surface area (TPSA) is 66.8 Å². The zero-order valence-corrected chi connectivity index (χ0v) is 15.3. The average molecular weight is 335 g/mol. The molecule has 2 amide bonds. The summed E-state index contributed by atoms with van der Waals surface area (Å²) in [5, 5.41) is 9.58. The minimum atomic E-state index is -0.695. The number of hydrogen-bond acceptors (Lipinski definition) is 4. The molecule has 5 nitrogen and oxygen atoms in total. The highest BCUT2D eigenvalue weighted by molar-refractivity contribution is 5.93. The van der Waals surface area contributed by atoms with Crippen LogP contribution in [0.5, 0.6) is 0 Å². The molecule has 5 heteroatoms. The van der Waals surface area contributed by atoms with E-state index in [0.717, 1.165) is 10.5 Å². The van der Waals surface area contributed by atoms with Crippen molar-refractivity contribution in [2.24, 2.45) is 11.8 Å². The van der Waals surface area contributed by atoms with Crippen LogP contribution in [0.2, 0.25) is 0 Å². The number of carbonyl (C=O) groups excluding carboxylic acids is 2. The van der Waals surface area contributed by atoms with Crippen LogP contribution in [0.1, 0.15) is 46.6 Å². The van der Waals surface area contributed by atoms with E-state index in [1.54, 1.807) is 20.8 Å². The Bertz CT molecular complexity index is 534. The van der Waals surface area contributed by atoms with Crippen LogP contribution in [0.25, 0.3) is 0 Å². The van der Waals surface area contributed by atoms with Gasteiger partial charge in [-0.1, -0.05) is 44.2 Å². The van der Waals surface area contributed by atoms with Gasteiger partial charge in [-0.05, 0) is 38.7 Å². The monoisotopic (exact) mass is 335 g/mol. The highest BCUT2D eigenvalue weighted by atomic mass is 16.6. The summed E-state index contributed by atoms with van der Waals surface area (Å²) in [5.74, 6) is -0.770. The first-order chi connectivity index (χ1) is 11.1. The van der Waals surface area contributed by atoms with Gasteiger partial charge in [-0.25, -0.2) is 9.69 Å². The number of carbonyl (C=O) groups is 2. The van der Waals surface area contributed by atoms with Crippen molar-refractivity contribution in [2.75, 3.05) is 6.61 Å². The normalized spacial score (nSPS) is 12.8. The predicted molar refractivity (Wildman–Crippen MR) is 93.3 cm³/mol. The fourth-order valence-electron chi connectivity index (χ4n) is 2.36. The Morgan fingerprint density at radius 2 is 1.75 bits per heavy atom. The van der Waals surface area contributed by atoms with Gasteiger partial charge in [-0.3, -0.25) is 4.79 Å². The van der Waals surface area contributed by atoms with Crippen LogP contribution in [0.4, 0.5) is 4.79 Å².